The third-order valence-corrected chi connectivity index (χ3v) is 2.41. The summed E-state index contributed by atoms with van der Waals surface area (Å²) in [5.41, 5.74) is -1.08. The van der Waals surface area contributed by atoms with E-state index in [-0.39, 0.29) is 23.8 Å². The summed E-state index contributed by atoms with van der Waals surface area (Å²) in [5, 5.41) is 14.1. The van der Waals surface area contributed by atoms with Gasteiger partial charge in [-0.2, -0.15) is 18.4 Å². The van der Waals surface area contributed by atoms with Crippen LogP contribution in [-0.2, 0) is 11.0 Å². The summed E-state index contributed by atoms with van der Waals surface area (Å²) in [4.78, 5) is 11.6. The van der Waals surface area contributed by atoms with Gasteiger partial charge in [0, 0.05) is 6.04 Å². The maximum atomic E-state index is 12.5. The van der Waals surface area contributed by atoms with Gasteiger partial charge in [0.2, 0.25) is 5.91 Å². The van der Waals surface area contributed by atoms with E-state index in [1.54, 1.807) is 6.07 Å². The van der Waals surface area contributed by atoms with Crippen LogP contribution in [0.1, 0.15) is 25.0 Å². The Balaban J connectivity index is 2.87. The fraction of sp³-hybridized carbons (Fsp3) is 0.385. The predicted octanol–water partition coefficient (Wildman–Crippen LogP) is 2.51. The summed E-state index contributed by atoms with van der Waals surface area (Å²) in [7, 11) is 0. The average molecular weight is 285 g/mol. The molecule has 0 aliphatic carbocycles. The standard InChI is InChI=1S/C13H14F3N3O/c1-8(2)18-7-12(20)19-11-4-3-10(13(14,15)16)5-9(11)6-17/h3-5,8,18H,7H2,1-2H3,(H,19,20). The predicted molar refractivity (Wildman–Crippen MR) is 67.9 cm³/mol. The van der Waals surface area contributed by atoms with Crippen molar-refractivity contribution < 1.29 is 18.0 Å². The number of rotatable bonds is 4. The number of carbonyl (C=O) groups is 1. The third kappa shape index (κ3) is 4.55. The van der Waals surface area contributed by atoms with Crippen LogP contribution in [0.2, 0.25) is 0 Å². The minimum atomic E-state index is -4.52. The van der Waals surface area contributed by atoms with Crippen LogP contribution in [-0.4, -0.2) is 18.5 Å². The van der Waals surface area contributed by atoms with Gasteiger partial charge in [-0.25, -0.2) is 0 Å². The molecule has 0 heterocycles. The summed E-state index contributed by atoms with van der Waals surface area (Å²) >= 11 is 0. The van der Waals surface area contributed by atoms with Gasteiger partial charge in [0.15, 0.2) is 0 Å². The lowest BCUT2D eigenvalue weighted by Crippen LogP contribution is -2.32. The molecule has 0 bridgehead atoms. The highest BCUT2D eigenvalue weighted by molar-refractivity contribution is 5.93. The normalized spacial score (nSPS) is 11.2. The van der Waals surface area contributed by atoms with Gasteiger partial charge in [-0.3, -0.25) is 4.79 Å². The molecule has 108 valence electrons. The number of alkyl halides is 3. The van der Waals surface area contributed by atoms with Gasteiger partial charge in [-0.1, -0.05) is 13.8 Å². The minimum absolute atomic E-state index is 0.0174. The van der Waals surface area contributed by atoms with Gasteiger partial charge < -0.3 is 10.6 Å². The van der Waals surface area contributed by atoms with E-state index >= 15 is 0 Å². The second-order valence-electron chi connectivity index (χ2n) is 4.45. The number of nitrogens with zero attached hydrogens (tertiary/aromatic N) is 1. The number of halogens is 3. The van der Waals surface area contributed by atoms with Gasteiger partial charge in [-0.05, 0) is 18.2 Å². The molecule has 0 saturated heterocycles. The maximum Gasteiger partial charge on any atom is 0.416 e. The van der Waals surface area contributed by atoms with Gasteiger partial charge >= 0.3 is 6.18 Å². The van der Waals surface area contributed by atoms with Crippen molar-refractivity contribution in [2.45, 2.75) is 26.1 Å². The van der Waals surface area contributed by atoms with E-state index in [0.717, 1.165) is 12.1 Å². The highest BCUT2D eigenvalue weighted by Gasteiger charge is 2.31. The molecule has 1 aromatic carbocycles. The number of nitrogens with one attached hydrogen (secondary N) is 2. The molecule has 0 atom stereocenters. The first-order valence-corrected chi connectivity index (χ1v) is 5.88. The van der Waals surface area contributed by atoms with E-state index in [2.05, 4.69) is 10.6 Å². The number of amides is 1. The molecule has 1 amide bonds. The highest BCUT2D eigenvalue weighted by atomic mass is 19.4. The van der Waals surface area contributed by atoms with Crippen molar-refractivity contribution in [1.29, 1.82) is 5.26 Å². The molecule has 0 unspecified atom stereocenters. The van der Waals surface area contributed by atoms with Crippen molar-refractivity contribution in [1.82, 2.24) is 5.32 Å². The molecule has 1 aromatic rings. The first-order chi connectivity index (χ1) is 9.24. The second kappa shape index (κ2) is 6.39. The van der Waals surface area contributed by atoms with Crippen molar-refractivity contribution in [3.63, 3.8) is 0 Å². The van der Waals surface area contributed by atoms with E-state index in [0.29, 0.717) is 6.07 Å². The Morgan fingerprint density at radius 3 is 2.55 bits per heavy atom. The van der Waals surface area contributed by atoms with Gasteiger partial charge in [0.05, 0.1) is 23.4 Å². The Kier molecular flexibility index (Phi) is 5.11. The van der Waals surface area contributed by atoms with E-state index in [1.165, 1.54) is 0 Å². The Hall–Kier alpha value is -2.07. The molecule has 0 spiro atoms. The Labute approximate surface area is 114 Å². The molecular weight excluding hydrogens is 271 g/mol. The van der Waals surface area contributed by atoms with Gasteiger partial charge in [0.25, 0.3) is 0 Å². The lowest BCUT2D eigenvalue weighted by atomic mass is 10.1. The molecule has 4 nitrogen and oxygen atoms in total. The summed E-state index contributed by atoms with van der Waals surface area (Å²) in [5.74, 6) is -0.421. The zero-order valence-corrected chi connectivity index (χ0v) is 11.0. The first kappa shape index (κ1) is 16.0. The van der Waals surface area contributed by atoms with E-state index in [9.17, 15) is 18.0 Å². The summed E-state index contributed by atoms with van der Waals surface area (Å²) < 4.78 is 37.5. The highest BCUT2D eigenvalue weighted by Crippen LogP contribution is 2.31. The molecule has 0 aliphatic heterocycles. The van der Waals surface area contributed by atoms with Gasteiger partial charge in [-0.15, -0.1) is 0 Å². The van der Waals surface area contributed by atoms with Crippen LogP contribution in [0.15, 0.2) is 18.2 Å². The molecule has 0 fully saturated rings. The summed E-state index contributed by atoms with van der Waals surface area (Å²) in [6.45, 7) is 3.72. The second-order valence-corrected chi connectivity index (χ2v) is 4.45. The lowest BCUT2D eigenvalue weighted by molar-refractivity contribution is -0.137. The number of anilines is 1. The molecule has 7 heteroatoms. The van der Waals surface area contributed by atoms with Crippen molar-refractivity contribution in [2.24, 2.45) is 0 Å². The molecule has 0 aliphatic rings. The molecular formula is C13H14F3N3O. The monoisotopic (exact) mass is 285 g/mol. The smallest absolute Gasteiger partial charge is 0.324 e. The maximum absolute atomic E-state index is 12.5. The van der Waals surface area contributed by atoms with Crippen LogP contribution in [0.4, 0.5) is 18.9 Å². The number of benzene rings is 1. The fourth-order valence-corrected chi connectivity index (χ4v) is 1.41. The molecule has 20 heavy (non-hydrogen) atoms. The zero-order valence-electron chi connectivity index (χ0n) is 11.0. The third-order valence-electron chi connectivity index (χ3n) is 2.41. The average Bonchev–Trinajstić information content (AvgIpc) is 2.35. The molecule has 0 saturated carbocycles. The number of carbonyl (C=O) groups excluding carboxylic acids is 1. The van der Waals surface area contributed by atoms with Crippen molar-refractivity contribution in [3.8, 4) is 6.07 Å². The van der Waals surface area contributed by atoms with Crippen molar-refractivity contribution >= 4 is 11.6 Å². The Morgan fingerprint density at radius 2 is 2.05 bits per heavy atom. The van der Waals surface area contributed by atoms with Crippen LogP contribution in [0, 0.1) is 11.3 Å². The van der Waals surface area contributed by atoms with Crippen LogP contribution in [0.3, 0.4) is 0 Å². The molecule has 0 aromatic heterocycles. The number of nitriles is 1. The number of hydrogen-bond acceptors (Lipinski definition) is 3. The van der Waals surface area contributed by atoms with Crippen LogP contribution in [0.5, 0.6) is 0 Å². The van der Waals surface area contributed by atoms with Crippen LogP contribution < -0.4 is 10.6 Å². The van der Waals surface area contributed by atoms with Crippen molar-refractivity contribution in [2.75, 3.05) is 11.9 Å². The lowest BCUT2D eigenvalue weighted by Gasteiger charge is -2.12. The molecule has 2 N–H and O–H groups in total. The first-order valence-electron chi connectivity index (χ1n) is 5.88. The van der Waals surface area contributed by atoms with E-state index in [4.69, 9.17) is 5.26 Å². The zero-order chi connectivity index (χ0) is 15.3. The Morgan fingerprint density at radius 1 is 1.40 bits per heavy atom. The van der Waals surface area contributed by atoms with Gasteiger partial charge in [0.1, 0.15) is 6.07 Å². The number of hydrogen-bond donors (Lipinski definition) is 2. The topological polar surface area (TPSA) is 64.9 Å². The SMILES string of the molecule is CC(C)NCC(=O)Nc1ccc(C(F)(F)F)cc1C#N. The van der Waals surface area contributed by atoms with E-state index < -0.39 is 17.6 Å². The quantitative estimate of drug-likeness (QED) is 0.893. The summed E-state index contributed by atoms with van der Waals surface area (Å²) in [6, 6.07) is 4.36. The van der Waals surface area contributed by atoms with E-state index in [1.807, 2.05) is 13.8 Å². The molecule has 0 radical (unpaired) electrons. The largest absolute Gasteiger partial charge is 0.416 e. The molecule has 1 rings (SSSR count). The minimum Gasteiger partial charge on any atom is -0.324 e. The van der Waals surface area contributed by atoms with Crippen LogP contribution in [0.25, 0.3) is 0 Å². The Bertz CT molecular complexity index is 533. The summed E-state index contributed by atoms with van der Waals surface area (Å²) in [6.07, 6.45) is -4.52. The van der Waals surface area contributed by atoms with Crippen LogP contribution >= 0.6 is 0 Å². The van der Waals surface area contributed by atoms with Crippen molar-refractivity contribution in [3.05, 3.63) is 29.3 Å². The fourth-order valence-electron chi connectivity index (χ4n) is 1.41.